The number of aromatic nitrogens is 1. The first-order chi connectivity index (χ1) is 11.8. The number of nitrogens with one attached hydrogen (secondary N) is 1. The molecule has 7 nitrogen and oxygen atoms in total. The summed E-state index contributed by atoms with van der Waals surface area (Å²) >= 11 is 0. The van der Waals surface area contributed by atoms with Crippen LogP contribution in [0, 0.1) is 5.92 Å². The highest BCUT2D eigenvalue weighted by Gasteiger charge is 2.21. The van der Waals surface area contributed by atoms with Gasteiger partial charge in [-0.15, -0.1) is 24.0 Å². The summed E-state index contributed by atoms with van der Waals surface area (Å²) in [6.07, 6.45) is 5.37. The highest BCUT2D eigenvalue weighted by molar-refractivity contribution is 14.0. The molecule has 8 heteroatoms. The molecule has 1 saturated carbocycles. The molecule has 0 bridgehead atoms. The van der Waals surface area contributed by atoms with Crippen LogP contribution in [-0.4, -0.2) is 73.9 Å². The summed E-state index contributed by atoms with van der Waals surface area (Å²) in [4.78, 5) is 9.13. The summed E-state index contributed by atoms with van der Waals surface area (Å²) in [5.74, 6) is 1.84. The first-order valence-electron chi connectivity index (χ1n) is 9.00. The second-order valence-corrected chi connectivity index (χ2v) is 6.60. The molecule has 2 fully saturated rings. The van der Waals surface area contributed by atoms with Crippen LogP contribution in [0.1, 0.15) is 25.0 Å². The molecule has 1 aliphatic carbocycles. The fourth-order valence-electron chi connectivity index (χ4n) is 2.91. The minimum absolute atomic E-state index is 0. The summed E-state index contributed by atoms with van der Waals surface area (Å²) in [6, 6.07) is 1.93. The maximum absolute atomic E-state index is 5.67. The molecule has 2 aliphatic rings. The third kappa shape index (κ3) is 7.10. The van der Waals surface area contributed by atoms with Crippen LogP contribution in [0.15, 0.2) is 21.8 Å². The van der Waals surface area contributed by atoms with Gasteiger partial charge in [-0.3, -0.25) is 9.89 Å². The summed E-state index contributed by atoms with van der Waals surface area (Å²) < 4.78 is 10.6. The highest BCUT2D eigenvalue weighted by atomic mass is 127. The van der Waals surface area contributed by atoms with Gasteiger partial charge in [0, 0.05) is 65.6 Å². The van der Waals surface area contributed by atoms with Crippen molar-refractivity contribution in [1.82, 2.24) is 20.3 Å². The van der Waals surface area contributed by atoms with Crippen molar-refractivity contribution in [3.05, 3.63) is 18.0 Å². The Balaban J connectivity index is 0.00000225. The maximum atomic E-state index is 5.67. The lowest BCUT2D eigenvalue weighted by Crippen LogP contribution is -2.52. The number of piperazine rings is 1. The predicted molar refractivity (Wildman–Crippen MR) is 108 cm³/mol. The van der Waals surface area contributed by atoms with E-state index < -0.39 is 0 Å². The van der Waals surface area contributed by atoms with Crippen LogP contribution in [0.4, 0.5) is 0 Å². The average molecular weight is 463 g/mol. The molecule has 1 saturated heterocycles. The lowest BCUT2D eigenvalue weighted by atomic mass is 10.3. The van der Waals surface area contributed by atoms with Gasteiger partial charge in [-0.25, -0.2) is 0 Å². The molecule has 142 valence electrons. The Bertz CT molecular complexity index is 499. The molecule has 0 atom stereocenters. The molecule has 0 spiro atoms. The average Bonchev–Trinajstić information content (AvgIpc) is 3.30. The summed E-state index contributed by atoms with van der Waals surface area (Å²) in [5.41, 5.74) is 0.997. The van der Waals surface area contributed by atoms with Gasteiger partial charge < -0.3 is 19.5 Å². The third-order valence-electron chi connectivity index (χ3n) is 4.56. The van der Waals surface area contributed by atoms with Gasteiger partial charge in [0.2, 0.25) is 0 Å². The molecule has 0 unspecified atom stereocenters. The number of rotatable bonds is 8. The Hall–Kier alpha value is -0.870. The number of aliphatic imine (C=N–C) groups is 1. The normalized spacial score (nSPS) is 18.9. The van der Waals surface area contributed by atoms with Crippen LogP contribution in [-0.2, 0) is 11.3 Å². The van der Waals surface area contributed by atoms with E-state index in [1.54, 1.807) is 6.26 Å². The van der Waals surface area contributed by atoms with Crippen molar-refractivity contribution in [1.29, 1.82) is 0 Å². The van der Waals surface area contributed by atoms with Crippen molar-refractivity contribution < 1.29 is 9.26 Å². The van der Waals surface area contributed by atoms with Crippen molar-refractivity contribution in [2.75, 3.05) is 53.0 Å². The van der Waals surface area contributed by atoms with E-state index in [4.69, 9.17) is 9.26 Å². The Morgan fingerprint density at radius 1 is 1.36 bits per heavy atom. The monoisotopic (exact) mass is 463 g/mol. The Morgan fingerprint density at radius 2 is 2.16 bits per heavy atom. The summed E-state index contributed by atoms with van der Waals surface area (Å²) in [7, 11) is 1.85. The Labute approximate surface area is 167 Å². The third-order valence-corrected chi connectivity index (χ3v) is 4.56. The molecule has 1 aromatic rings. The number of ether oxygens (including phenoxy) is 1. The first-order valence-corrected chi connectivity index (χ1v) is 9.00. The van der Waals surface area contributed by atoms with E-state index in [9.17, 15) is 0 Å². The van der Waals surface area contributed by atoms with Crippen LogP contribution in [0.25, 0.3) is 0 Å². The van der Waals surface area contributed by atoms with Gasteiger partial charge in [0.25, 0.3) is 0 Å². The zero-order valence-corrected chi connectivity index (χ0v) is 17.4. The Kier molecular flexibility index (Phi) is 8.97. The van der Waals surface area contributed by atoms with Crippen molar-refractivity contribution in [3.8, 4) is 0 Å². The second-order valence-electron chi connectivity index (χ2n) is 6.60. The summed E-state index contributed by atoms with van der Waals surface area (Å²) in [6.45, 7) is 7.54. The van der Waals surface area contributed by atoms with Gasteiger partial charge in [0.1, 0.15) is 6.26 Å². The van der Waals surface area contributed by atoms with Gasteiger partial charge in [0.05, 0.1) is 5.69 Å². The zero-order valence-electron chi connectivity index (χ0n) is 15.0. The predicted octanol–water partition coefficient (Wildman–Crippen LogP) is 1.80. The lowest BCUT2D eigenvalue weighted by molar-refractivity contribution is 0.122. The van der Waals surface area contributed by atoms with Gasteiger partial charge in [-0.2, -0.15) is 0 Å². The molecular formula is C17H30IN5O2. The van der Waals surface area contributed by atoms with E-state index in [2.05, 4.69) is 25.3 Å². The van der Waals surface area contributed by atoms with Gasteiger partial charge in [0.15, 0.2) is 5.96 Å². The van der Waals surface area contributed by atoms with E-state index in [-0.39, 0.29) is 24.0 Å². The van der Waals surface area contributed by atoms with Crippen LogP contribution in [0.2, 0.25) is 0 Å². The second kappa shape index (κ2) is 11.0. The van der Waals surface area contributed by atoms with Gasteiger partial charge in [-0.1, -0.05) is 5.16 Å². The lowest BCUT2D eigenvalue weighted by Gasteiger charge is -2.36. The number of hydrogen-bond acceptors (Lipinski definition) is 5. The number of hydrogen-bond donors (Lipinski definition) is 1. The molecule has 1 aromatic heterocycles. The Morgan fingerprint density at radius 3 is 2.80 bits per heavy atom. The van der Waals surface area contributed by atoms with Crippen molar-refractivity contribution in [2.24, 2.45) is 10.9 Å². The molecule has 3 rings (SSSR count). The zero-order chi connectivity index (χ0) is 16.6. The SMILES string of the molecule is CN=C(NCCCOCC1CC1)N1CCN(Cc2ccon2)CC1.I. The van der Waals surface area contributed by atoms with Crippen LogP contribution < -0.4 is 5.32 Å². The van der Waals surface area contributed by atoms with Gasteiger partial charge in [-0.05, 0) is 25.2 Å². The first kappa shape index (κ1) is 20.4. The van der Waals surface area contributed by atoms with Crippen LogP contribution in [0.5, 0.6) is 0 Å². The molecular weight excluding hydrogens is 433 g/mol. The fourth-order valence-corrected chi connectivity index (χ4v) is 2.91. The minimum atomic E-state index is 0. The van der Waals surface area contributed by atoms with Crippen LogP contribution >= 0.6 is 24.0 Å². The largest absolute Gasteiger partial charge is 0.381 e. The van der Waals surface area contributed by atoms with E-state index in [1.807, 2.05) is 13.1 Å². The fraction of sp³-hybridized carbons (Fsp3) is 0.765. The van der Waals surface area contributed by atoms with Crippen LogP contribution in [0.3, 0.4) is 0 Å². The molecule has 1 N–H and O–H groups in total. The van der Waals surface area contributed by atoms with Crippen molar-refractivity contribution in [3.63, 3.8) is 0 Å². The number of guanidine groups is 1. The molecule has 0 amide bonds. The molecule has 0 radical (unpaired) electrons. The number of halogens is 1. The standard InChI is InChI=1S/C17H29N5O2.HI/c1-18-17(19-6-2-11-23-14-15-3-4-15)22-9-7-21(8-10-22)13-16-5-12-24-20-16;/h5,12,15H,2-4,6-11,13-14H2,1H3,(H,18,19);1H. The van der Waals surface area contributed by atoms with E-state index >= 15 is 0 Å². The van der Waals surface area contributed by atoms with Crippen molar-refractivity contribution >= 4 is 29.9 Å². The topological polar surface area (TPSA) is 66.1 Å². The quantitative estimate of drug-likeness (QED) is 0.275. The van der Waals surface area contributed by atoms with E-state index in [1.165, 1.54) is 12.8 Å². The molecule has 0 aromatic carbocycles. The molecule has 25 heavy (non-hydrogen) atoms. The maximum Gasteiger partial charge on any atom is 0.193 e. The number of nitrogens with zero attached hydrogens (tertiary/aromatic N) is 4. The summed E-state index contributed by atoms with van der Waals surface area (Å²) in [5, 5.41) is 7.44. The van der Waals surface area contributed by atoms with E-state index in [0.717, 1.165) is 76.5 Å². The van der Waals surface area contributed by atoms with Crippen molar-refractivity contribution in [2.45, 2.75) is 25.8 Å². The highest BCUT2D eigenvalue weighted by Crippen LogP contribution is 2.28. The minimum Gasteiger partial charge on any atom is -0.381 e. The van der Waals surface area contributed by atoms with E-state index in [0.29, 0.717) is 0 Å². The van der Waals surface area contributed by atoms with Gasteiger partial charge >= 0.3 is 0 Å². The molecule has 2 heterocycles. The molecule has 1 aliphatic heterocycles. The smallest absolute Gasteiger partial charge is 0.193 e.